The molecule has 0 bridgehead atoms. The van der Waals surface area contributed by atoms with E-state index >= 15 is 0 Å². The van der Waals surface area contributed by atoms with Crippen LogP contribution in [0.3, 0.4) is 0 Å². The second-order valence-electron chi connectivity index (χ2n) is 10.00. The van der Waals surface area contributed by atoms with Gasteiger partial charge in [0.1, 0.15) is 17.6 Å². The zero-order valence-corrected chi connectivity index (χ0v) is 22.5. The standard InChI is InChI=1S/C29H24F4N8/c1-16-5-6-17(2)41(16)28-37-27-18(3)22(11-12-39(27)38-28)26-34-14-23(31)24(36-26)20-13-35-40(15-20)25(29(4,32)33)19-7-9-21(30)10-8-19/h5-15,25H,1-4H3/t25-/m1/s1. The Labute approximate surface area is 232 Å². The van der Waals surface area contributed by atoms with Crippen LogP contribution >= 0.6 is 0 Å². The minimum absolute atomic E-state index is 0.0986. The van der Waals surface area contributed by atoms with Crippen LogP contribution < -0.4 is 0 Å². The number of halogens is 4. The first kappa shape index (κ1) is 26.4. The van der Waals surface area contributed by atoms with Gasteiger partial charge in [-0.3, -0.25) is 9.25 Å². The predicted molar refractivity (Wildman–Crippen MR) is 144 cm³/mol. The fraction of sp³-hybridized carbons (Fsp3) is 0.207. The van der Waals surface area contributed by atoms with Gasteiger partial charge in [0.25, 0.3) is 11.9 Å². The van der Waals surface area contributed by atoms with Crippen molar-refractivity contribution in [1.29, 1.82) is 0 Å². The van der Waals surface area contributed by atoms with Crippen LogP contribution in [0.1, 0.15) is 35.5 Å². The maximum absolute atomic E-state index is 15.0. The Balaban J connectivity index is 1.39. The highest BCUT2D eigenvalue weighted by atomic mass is 19.3. The molecule has 1 atom stereocenters. The topological polar surface area (TPSA) is 78.7 Å². The molecule has 0 saturated heterocycles. The molecule has 1 aromatic carbocycles. The number of aromatic nitrogens is 8. The summed E-state index contributed by atoms with van der Waals surface area (Å²) in [6, 6.07) is 8.95. The van der Waals surface area contributed by atoms with Gasteiger partial charge in [0, 0.05) is 47.4 Å². The molecule has 0 N–H and O–H groups in total. The molecule has 208 valence electrons. The van der Waals surface area contributed by atoms with Gasteiger partial charge in [0.2, 0.25) is 0 Å². The van der Waals surface area contributed by atoms with Gasteiger partial charge >= 0.3 is 0 Å². The van der Waals surface area contributed by atoms with E-state index in [1.54, 1.807) is 16.8 Å². The Morgan fingerprint density at radius 3 is 2.27 bits per heavy atom. The van der Waals surface area contributed by atoms with E-state index in [0.717, 1.165) is 46.9 Å². The van der Waals surface area contributed by atoms with Crippen molar-refractivity contribution in [2.24, 2.45) is 0 Å². The molecule has 0 aliphatic heterocycles. The van der Waals surface area contributed by atoms with Gasteiger partial charge in [-0.1, -0.05) is 12.1 Å². The maximum Gasteiger partial charge on any atom is 0.271 e. The molecule has 5 aromatic heterocycles. The lowest BCUT2D eigenvalue weighted by Gasteiger charge is -2.24. The van der Waals surface area contributed by atoms with Crippen LogP contribution in [0, 0.1) is 32.4 Å². The molecule has 0 spiro atoms. The zero-order chi connectivity index (χ0) is 29.1. The monoisotopic (exact) mass is 560 g/mol. The third-order valence-electron chi connectivity index (χ3n) is 7.00. The van der Waals surface area contributed by atoms with Gasteiger partial charge in [-0.15, -0.1) is 5.10 Å². The van der Waals surface area contributed by atoms with E-state index in [1.807, 2.05) is 37.5 Å². The predicted octanol–water partition coefficient (Wildman–Crippen LogP) is 6.29. The van der Waals surface area contributed by atoms with Crippen molar-refractivity contribution in [2.75, 3.05) is 0 Å². The number of aryl methyl sites for hydroxylation is 3. The fourth-order valence-corrected chi connectivity index (χ4v) is 5.01. The van der Waals surface area contributed by atoms with E-state index in [2.05, 4.69) is 20.2 Å². The smallest absolute Gasteiger partial charge is 0.271 e. The molecular weight excluding hydrogens is 536 g/mol. The van der Waals surface area contributed by atoms with Crippen LogP contribution in [0.4, 0.5) is 17.6 Å². The number of fused-ring (bicyclic) bond motifs is 1. The largest absolute Gasteiger partial charge is 0.286 e. The molecule has 0 amide bonds. The summed E-state index contributed by atoms with van der Waals surface area (Å²) in [4.78, 5) is 13.4. The summed E-state index contributed by atoms with van der Waals surface area (Å²) in [6.45, 7) is 6.53. The van der Waals surface area contributed by atoms with Gasteiger partial charge in [-0.25, -0.2) is 32.0 Å². The SMILES string of the molecule is Cc1c(-c2ncc(F)c(-c3cnn([C@H](c4ccc(F)cc4)C(C)(F)F)c3)n2)ccn2nc(-n3c(C)ccc3C)nc12. The van der Waals surface area contributed by atoms with E-state index < -0.39 is 23.6 Å². The highest BCUT2D eigenvalue weighted by Gasteiger charge is 2.38. The summed E-state index contributed by atoms with van der Waals surface area (Å²) in [5, 5.41) is 8.69. The van der Waals surface area contributed by atoms with Gasteiger partial charge in [-0.05, 0) is 56.7 Å². The lowest BCUT2D eigenvalue weighted by Crippen LogP contribution is -2.29. The zero-order valence-electron chi connectivity index (χ0n) is 22.5. The van der Waals surface area contributed by atoms with Crippen LogP contribution in [-0.4, -0.2) is 44.8 Å². The number of benzene rings is 1. The summed E-state index contributed by atoms with van der Waals surface area (Å²) >= 11 is 0. The Bertz CT molecular complexity index is 1880. The van der Waals surface area contributed by atoms with Crippen molar-refractivity contribution in [1.82, 2.24) is 38.9 Å². The Morgan fingerprint density at radius 1 is 0.878 bits per heavy atom. The van der Waals surface area contributed by atoms with Crippen molar-refractivity contribution < 1.29 is 17.6 Å². The Morgan fingerprint density at radius 2 is 1.59 bits per heavy atom. The number of nitrogens with zero attached hydrogens (tertiary/aromatic N) is 8. The van der Waals surface area contributed by atoms with Crippen molar-refractivity contribution in [3.05, 3.63) is 101 Å². The number of pyridine rings is 1. The molecule has 0 fully saturated rings. The van der Waals surface area contributed by atoms with E-state index in [9.17, 15) is 17.6 Å². The molecule has 41 heavy (non-hydrogen) atoms. The van der Waals surface area contributed by atoms with Crippen LogP contribution in [-0.2, 0) is 0 Å². The Hall–Kier alpha value is -4.87. The first-order chi connectivity index (χ1) is 19.5. The quantitative estimate of drug-likeness (QED) is 0.224. The molecule has 0 unspecified atom stereocenters. The summed E-state index contributed by atoms with van der Waals surface area (Å²) < 4.78 is 62.4. The van der Waals surface area contributed by atoms with Crippen LogP contribution in [0.2, 0.25) is 0 Å². The lowest BCUT2D eigenvalue weighted by atomic mass is 10.0. The first-order valence-electron chi connectivity index (χ1n) is 12.7. The highest BCUT2D eigenvalue weighted by molar-refractivity contribution is 5.70. The van der Waals surface area contributed by atoms with E-state index in [4.69, 9.17) is 4.98 Å². The van der Waals surface area contributed by atoms with Gasteiger partial charge in [0.15, 0.2) is 17.3 Å². The van der Waals surface area contributed by atoms with Crippen molar-refractivity contribution in [3.8, 4) is 28.6 Å². The summed E-state index contributed by atoms with van der Waals surface area (Å²) in [5.74, 6) is -3.80. The van der Waals surface area contributed by atoms with Gasteiger partial charge in [0.05, 0.1) is 12.4 Å². The van der Waals surface area contributed by atoms with Gasteiger partial charge < -0.3 is 0 Å². The minimum Gasteiger partial charge on any atom is -0.286 e. The van der Waals surface area contributed by atoms with Crippen molar-refractivity contribution in [2.45, 2.75) is 39.7 Å². The lowest BCUT2D eigenvalue weighted by molar-refractivity contribution is -0.0217. The molecule has 0 aliphatic carbocycles. The van der Waals surface area contributed by atoms with Crippen molar-refractivity contribution in [3.63, 3.8) is 0 Å². The van der Waals surface area contributed by atoms with E-state index in [-0.39, 0.29) is 22.6 Å². The molecular formula is C29H24F4N8. The third kappa shape index (κ3) is 4.64. The molecule has 12 heteroatoms. The maximum atomic E-state index is 15.0. The second-order valence-corrected chi connectivity index (χ2v) is 10.00. The molecule has 0 saturated carbocycles. The number of hydrogen-bond donors (Lipinski definition) is 0. The molecule has 8 nitrogen and oxygen atoms in total. The average Bonchev–Trinajstić information content (AvgIpc) is 3.64. The van der Waals surface area contributed by atoms with Crippen molar-refractivity contribution >= 4 is 5.65 Å². The fourth-order valence-electron chi connectivity index (χ4n) is 5.01. The molecule has 6 rings (SSSR count). The van der Waals surface area contributed by atoms with Gasteiger partial charge in [-0.2, -0.15) is 10.1 Å². The number of hydrogen-bond acceptors (Lipinski definition) is 5. The highest BCUT2D eigenvalue weighted by Crippen LogP contribution is 2.36. The minimum atomic E-state index is -3.25. The molecule has 6 aromatic rings. The molecule has 0 radical (unpaired) electrons. The van der Waals surface area contributed by atoms with Crippen LogP contribution in [0.25, 0.3) is 34.2 Å². The number of rotatable bonds is 6. The normalized spacial score (nSPS) is 12.8. The average molecular weight is 561 g/mol. The third-order valence-corrected chi connectivity index (χ3v) is 7.00. The number of alkyl halides is 2. The summed E-state index contributed by atoms with van der Waals surface area (Å²) in [5.41, 5.74) is 4.14. The molecule has 0 aliphatic rings. The molecule has 5 heterocycles. The van der Waals surface area contributed by atoms with E-state index in [1.165, 1.54) is 24.5 Å². The van der Waals surface area contributed by atoms with Crippen LogP contribution in [0.15, 0.2) is 67.3 Å². The first-order valence-corrected chi connectivity index (χ1v) is 12.7. The van der Waals surface area contributed by atoms with E-state index in [0.29, 0.717) is 17.2 Å². The summed E-state index contributed by atoms with van der Waals surface area (Å²) in [6.07, 6.45) is 5.32. The second kappa shape index (κ2) is 9.65. The summed E-state index contributed by atoms with van der Waals surface area (Å²) in [7, 11) is 0. The Kier molecular flexibility index (Phi) is 6.20. The van der Waals surface area contributed by atoms with Crippen LogP contribution in [0.5, 0.6) is 0 Å².